The van der Waals surface area contributed by atoms with Gasteiger partial charge in [0.1, 0.15) is 11.6 Å². The average Bonchev–Trinajstić information content (AvgIpc) is 2.46. The van der Waals surface area contributed by atoms with Crippen molar-refractivity contribution in [2.45, 2.75) is 64.9 Å². The molecule has 0 aliphatic carbocycles. The monoisotopic (exact) mass is 277 g/mol. The highest BCUT2D eigenvalue weighted by atomic mass is 16.5. The second kappa shape index (κ2) is 8.20. The normalized spacial score (nSPS) is 19.0. The number of anilines is 1. The van der Waals surface area contributed by atoms with E-state index in [0.29, 0.717) is 6.10 Å². The second-order valence-electron chi connectivity index (χ2n) is 5.53. The van der Waals surface area contributed by atoms with Gasteiger partial charge in [-0.25, -0.2) is 9.97 Å². The molecule has 0 radical (unpaired) electrons. The van der Waals surface area contributed by atoms with E-state index in [1.807, 2.05) is 0 Å². The van der Waals surface area contributed by atoms with Crippen LogP contribution in [0, 0.1) is 0 Å². The summed E-state index contributed by atoms with van der Waals surface area (Å²) < 4.78 is 5.80. The van der Waals surface area contributed by atoms with Gasteiger partial charge in [-0.1, -0.05) is 20.3 Å². The molecule has 1 aromatic heterocycles. The molecule has 1 N–H and O–H groups in total. The van der Waals surface area contributed by atoms with Gasteiger partial charge >= 0.3 is 0 Å². The van der Waals surface area contributed by atoms with Crippen molar-refractivity contribution in [1.29, 1.82) is 0 Å². The summed E-state index contributed by atoms with van der Waals surface area (Å²) in [5.41, 5.74) is 1.15. The SMILES string of the molecule is CCCNc1cc(CCC)nc(CC2CCCCO2)n1. The van der Waals surface area contributed by atoms with Crippen LogP contribution in [0.15, 0.2) is 6.07 Å². The Bertz CT molecular complexity index is 403. The number of ether oxygens (including phenoxy) is 1. The minimum Gasteiger partial charge on any atom is -0.378 e. The maximum atomic E-state index is 5.80. The van der Waals surface area contributed by atoms with Crippen LogP contribution >= 0.6 is 0 Å². The van der Waals surface area contributed by atoms with Crippen LogP contribution in [0.25, 0.3) is 0 Å². The summed E-state index contributed by atoms with van der Waals surface area (Å²) in [6.07, 6.45) is 7.98. The van der Waals surface area contributed by atoms with Gasteiger partial charge in [0.2, 0.25) is 0 Å². The van der Waals surface area contributed by atoms with Crippen molar-refractivity contribution in [3.63, 3.8) is 0 Å². The third-order valence-corrected chi connectivity index (χ3v) is 3.57. The maximum absolute atomic E-state index is 5.80. The number of hydrogen-bond donors (Lipinski definition) is 1. The molecule has 1 aromatic rings. The Balaban J connectivity index is 2.06. The highest BCUT2D eigenvalue weighted by Gasteiger charge is 2.16. The zero-order valence-corrected chi connectivity index (χ0v) is 12.8. The first-order chi connectivity index (χ1) is 9.81. The quantitative estimate of drug-likeness (QED) is 0.830. The summed E-state index contributed by atoms with van der Waals surface area (Å²) in [6.45, 7) is 6.20. The fraction of sp³-hybridized carbons (Fsp3) is 0.750. The largest absolute Gasteiger partial charge is 0.378 e. The van der Waals surface area contributed by atoms with E-state index in [9.17, 15) is 0 Å². The van der Waals surface area contributed by atoms with Crippen LogP contribution in [0.5, 0.6) is 0 Å². The lowest BCUT2D eigenvalue weighted by Crippen LogP contribution is -2.23. The lowest BCUT2D eigenvalue weighted by atomic mass is 10.1. The average molecular weight is 277 g/mol. The molecule has 1 aliphatic heterocycles. The van der Waals surface area contributed by atoms with Gasteiger partial charge in [-0.15, -0.1) is 0 Å². The van der Waals surface area contributed by atoms with Crippen LogP contribution in [0.3, 0.4) is 0 Å². The Labute approximate surface area is 122 Å². The molecule has 0 saturated carbocycles. The molecule has 1 atom stereocenters. The highest BCUT2D eigenvalue weighted by molar-refractivity contribution is 5.36. The van der Waals surface area contributed by atoms with Crippen molar-refractivity contribution in [1.82, 2.24) is 9.97 Å². The summed E-state index contributed by atoms with van der Waals surface area (Å²) in [4.78, 5) is 9.34. The van der Waals surface area contributed by atoms with Crippen LogP contribution in [0.1, 0.15) is 57.5 Å². The first kappa shape index (κ1) is 15.2. The van der Waals surface area contributed by atoms with Crippen molar-refractivity contribution < 1.29 is 4.74 Å². The Morgan fingerprint density at radius 3 is 2.85 bits per heavy atom. The van der Waals surface area contributed by atoms with Crippen molar-refractivity contribution in [3.8, 4) is 0 Å². The molecular formula is C16H27N3O. The molecule has 20 heavy (non-hydrogen) atoms. The summed E-state index contributed by atoms with van der Waals surface area (Å²) in [6, 6.07) is 2.09. The fourth-order valence-corrected chi connectivity index (χ4v) is 2.54. The van der Waals surface area contributed by atoms with Crippen molar-refractivity contribution in [2.24, 2.45) is 0 Å². The van der Waals surface area contributed by atoms with Crippen molar-refractivity contribution in [2.75, 3.05) is 18.5 Å². The van der Waals surface area contributed by atoms with E-state index in [2.05, 4.69) is 30.2 Å². The first-order valence-electron chi connectivity index (χ1n) is 8.04. The van der Waals surface area contributed by atoms with Gasteiger partial charge < -0.3 is 10.1 Å². The van der Waals surface area contributed by atoms with E-state index in [-0.39, 0.29) is 0 Å². The highest BCUT2D eigenvalue weighted by Crippen LogP contribution is 2.17. The van der Waals surface area contributed by atoms with Crippen LogP contribution in [0.4, 0.5) is 5.82 Å². The van der Waals surface area contributed by atoms with E-state index in [1.54, 1.807) is 0 Å². The summed E-state index contributed by atoms with van der Waals surface area (Å²) in [5, 5.41) is 3.38. The number of nitrogens with one attached hydrogen (secondary N) is 1. The molecule has 0 bridgehead atoms. The van der Waals surface area contributed by atoms with E-state index >= 15 is 0 Å². The Kier molecular flexibility index (Phi) is 6.25. The Morgan fingerprint density at radius 1 is 1.25 bits per heavy atom. The van der Waals surface area contributed by atoms with Crippen LogP contribution < -0.4 is 5.32 Å². The lowest BCUT2D eigenvalue weighted by Gasteiger charge is -2.22. The standard InChI is InChI=1S/C16H27N3O/c1-3-7-13-11-15(17-9-4-2)19-16(18-13)12-14-8-5-6-10-20-14/h11,14H,3-10,12H2,1-2H3,(H,17,18,19). The van der Waals surface area contributed by atoms with E-state index in [1.165, 1.54) is 12.8 Å². The van der Waals surface area contributed by atoms with Gasteiger partial charge in [0.15, 0.2) is 0 Å². The van der Waals surface area contributed by atoms with Crippen molar-refractivity contribution in [3.05, 3.63) is 17.6 Å². The van der Waals surface area contributed by atoms with Gasteiger partial charge in [-0.05, 0) is 32.1 Å². The molecule has 4 nitrogen and oxygen atoms in total. The van der Waals surface area contributed by atoms with E-state index < -0.39 is 0 Å². The first-order valence-corrected chi connectivity index (χ1v) is 8.04. The van der Waals surface area contributed by atoms with Crippen LogP contribution in [0.2, 0.25) is 0 Å². The number of hydrogen-bond acceptors (Lipinski definition) is 4. The molecule has 4 heteroatoms. The summed E-state index contributed by atoms with van der Waals surface area (Å²) >= 11 is 0. The van der Waals surface area contributed by atoms with Gasteiger partial charge in [0, 0.05) is 31.3 Å². The topological polar surface area (TPSA) is 47.0 Å². The molecule has 1 fully saturated rings. The van der Waals surface area contributed by atoms with Gasteiger partial charge in [0.05, 0.1) is 6.10 Å². The number of nitrogens with zero attached hydrogens (tertiary/aromatic N) is 2. The van der Waals surface area contributed by atoms with Crippen LogP contribution in [-0.4, -0.2) is 29.2 Å². The molecule has 1 saturated heterocycles. The van der Waals surface area contributed by atoms with Gasteiger partial charge in [0.25, 0.3) is 0 Å². The fourth-order valence-electron chi connectivity index (χ4n) is 2.54. The molecule has 1 aliphatic rings. The van der Waals surface area contributed by atoms with Gasteiger partial charge in [-0.2, -0.15) is 0 Å². The molecule has 0 spiro atoms. The number of aryl methyl sites for hydroxylation is 1. The molecule has 2 heterocycles. The predicted molar refractivity (Wildman–Crippen MR) is 82.1 cm³/mol. The predicted octanol–water partition coefficient (Wildman–Crippen LogP) is 3.36. The van der Waals surface area contributed by atoms with Crippen molar-refractivity contribution >= 4 is 5.82 Å². The maximum Gasteiger partial charge on any atom is 0.133 e. The third kappa shape index (κ3) is 4.75. The minimum atomic E-state index is 0.305. The van der Waals surface area contributed by atoms with Crippen LogP contribution in [-0.2, 0) is 17.6 Å². The third-order valence-electron chi connectivity index (χ3n) is 3.57. The number of aromatic nitrogens is 2. The molecular weight excluding hydrogens is 250 g/mol. The molecule has 112 valence electrons. The van der Waals surface area contributed by atoms with E-state index in [4.69, 9.17) is 9.72 Å². The Hall–Kier alpha value is -1.16. The Morgan fingerprint density at radius 2 is 2.15 bits per heavy atom. The molecule has 0 aromatic carbocycles. The van der Waals surface area contributed by atoms with Gasteiger partial charge in [-0.3, -0.25) is 0 Å². The lowest BCUT2D eigenvalue weighted by molar-refractivity contribution is 0.0156. The summed E-state index contributed by atoms with van der Waals surface area (Å²) in [7, 11) is 0. The number of rotatable bonds is 7. The molecule has 1 unspecified atom stereocenters. The van der Waals surface area contributed by atoms with E-state index in [0.717, 1.165) is 62.6 Å². The zero-order chi connectivity index (χ0) is 14.2. The molecule has 0 amide bonds. The summed E-state index contributed by atoms with van der Waals surface area (Å²) in [5.74, 6) is 1.90. The molecule has 2 rings (SSSR count). The zero-order valence-electron chi connectivity index (χ0n) is 12.8. The smallest absolute Gasteiger partial charge is 0.133 e. The minimum absolute atomic E-state index is 0.305. The second-order valence-corrected chi connectivity index (χ2v) is 5.53.